The van der Waals surface area contributed by atoms with Crippen molar-refractivity contribution in [1.82, 2.24) is 10.2 Å². The van der Waals surface area contributed by atoms with E-state index in [4.69, 9.17) is 16.3 Å². The van der Waals surface area contributed by atoms with E-state index in [0.29, 0.717) is 29.7 Å². The van der Waals surface area contributed by atoms with Crippen LogP contribution in [-0.2, 0) is 9.53 Å². The van der Waals surface area contributed by atoms with Crippen molar-refractivity contribution in [2.75, 3.05) is 25.0 Å². The number of halogens is 3. The van der Waals surface area contributed by atoms with Crippen molar-refractivity contribution >= 4 is 35.0 Å². The first-order chi connectivity index (χ1) is 19.6. The van der Waals surface area contributed by atoms with Gasteiger partial charge in [0.1, 0.15) is 17.2 Å². The number of hydrogen-bond donors (Lipinski definition) is 2. The number of benzene rings is 3. The second kappa shape index (κ2) is 12.0. The molecule has 5 rings (SSSR count). The Bertz CT molecular complexity index is 1480. The van der Waals surface area contributed by atoms with E-state index >= 15 is 4.39 Å². The molecule has 2 atom stereocenters. The van der Waals surface area contributed by atoms with Crippen molar-refractivity contribution in [2.45, 2.75) is 44.2 Å². The molecule has 3 amide bonds. The van der Waals surface area contributed by atoms with Crippen LogP contribution in [0.2, 0.25) is 5.02 Å². The minimum atomic E-state index is -0.839. The van der Waals surface area contributed by atoms with Gasteiger partial charge in [-0.25, -0.2) is 8.78 Å². The molecule has 7 nitrogen and oxygen atoms in total. The van der Waals surface area contributed by atoms with Crippen LogP contribution >= 0.6 is 11.6 Å². The molecule has 2 N–H and O–H groups in total. The van der Waals surface area contributed by atoms with E-state index in [2.05, 4.69) is 10.6 Å². The van der Waals surface area contributed by atoms with Gasteiger partial charge in [-0.2, -0.15) is 0 Å². The predicted molar refractivity (Wildman–Crippen MR) is 152 cm³/mol. The van der Waals surface area contributed by atoms with Crippen LogP contribution in [-0.4, -0.2) is 54.0 Å². The van der Waals surface area contributed by atoms with Crippen LogP contribution in [0.3, 0.4) is 0 Å². The van der Waals surface area contributed by atoms with Crippen LogP contribution < -0.4 is 10.6 Å². The number of rotatable bonds is 5. The van der Waals surface area contributed by atoms with Gasteiger partial charge in [0.2, 0.25) is 5.91 Å². The summed E-state index contributed by atoms with van der Waals surface area (Å²) in [5.41, 5.74) is 0.931. The summed E-state index contributed by atoms with van der Waals surface area (Å²) in [6.45, 7) is 2.09. The number of hydrogen-bond acceptors (Lipinski definition) is 4. The van der Waals surface area contributed by atoms with E-state index in [1.807, 2.05) is 0 Å². The third-order valence-corrected chi connectivity index (χ3v) is 8.02. The Labute approximate surface area is 241 Å². The monoisotopic (exact) mass is 581 g/mol. The van der Waals surface area contributed by atoms with E-state index in [-0.39, 0.29) is 47.6 Å². The van der Waals surface area contributed by atoms with Crippen LogP contribution in [0.25, 0.3) is 11.1 Å². The molecule has 0 bridgehead atoms. The number of carbonyl (C=O) groups is 3. The Kier molecular flexibility index (Phi) is 8.37. The normalized spacial score (nSPS) is 20.5. The molecule has 1 aliphatic carbocycles. The van der Waals surface area contributed by atoms with Gasteiger partial charge in [-0.1, -0.05) is 42.6 Å². The highest BCUT2D eigenvalue weighted by atomic mass is 35.5. The maximum absolute atomic E-state index is 15.2. The molecule has 2 aliphatic rings. The van der Waals surface area contributed by atoms with Crippen LogP contribution in [0.1, 0.15) is 53.3 Å². The largest absolute Gasteiger partial charge is 0.369 e. The molecule has 1 spiro atoms. The van der Waals surface area contributed by atoms with Crippen molar-refractivity contribution < 1.29 is 27.9 Å². The minimum absolute atomic E-state index is 0.0640. The Hall–Kier alpha value is -3.82. The van der Waals surface area contributed by atoms with Crippen molar-refractivity contribution in [2.24, 2.45) is 0 Å². The van der Waals surface area contributed by atoms with Crippen LogP contribution in [0.15, 0.2) is 60.7 Å². The lowest BCUT2D eigenvalue weighted by Crippen LogP contribution is -2.64. The third-order valence-electron chi connectivity index (χ3n) is 7.69. The van der Waals surface area contributed by atoms with E-state index in [1.165, 1.54) is 37.3 Å². The smallest absolute Gasteiger partial charge is 0.257 e. The highest BCUT2D eigenvalue weighted by Crippen LogP contribution is 2.36. The lowest BCUT2D eigenvalue weighted by molar-refractivity contribution is -0.132. The fourth-order valence-electron chi connectivity index (χ4n) is 5.65. The van der Waals surface area contributed by atoms with Gasteiger partial charge in [0.15, 0.2) is 0 Å². The zero-order valence-corrected chi connectivity index (χ0v) is 23.3. The van der Waals surface area contributed by atoms with Crippen molar-refractivity contribution in [3.05, 3.63) is 88.4 Å². The summed E-state index contributed by atoms with van der Waals surface area (Å²) in [5.74, 6) is -2.20. The number of nitrogens with one attached hydrogen (secondary N) is 2. The number of morpholine rings is 1. The maximum Gasteiger partial charge on any atom is 0.257 e. The van der Waals surface area contributed by atoms with E-state index in [1.54, 1.807) is 35.2 Å². The van der Waals surface area contributed by atoms with Gasteiger partial charge in [-0.15, -0.1) is 0 Å². The Balaban J connectivity index is 1.34. The van der Waals surface area contributed by atoms with Gasteiger partial charge in [0.05, 0.1) is 35.3 Å². The molecule has 0 radical (unpaired) electrons. The molecule has 3 aromatic carbocycles. The van der Waals surface area contributed by atoms with E-state index < -0.39 is 29.3 Å². The summed E-state index contributed by atoms with van der Waals surface area (Å²) in [4.78, 5) is 39.9. The topological polar surface area (TPSA) is 87.7 Å². The first-order valence-electron chi connectivity index (χ1n) is 13.5. The number of anilines is 1. The maximum atomic E-state index is 15.2. The van der Waals surface area contributed by atoms with Gasteiger partial charge in [0.25, 0.3) is 11.8 Å². The summed E-state index contributed by atoms with van der Waals surface area (Å²) >= 11 is 6.32. The quantitative estimate of drug-likeness (QED) is 0.397. The summed E-state index contributed by atoms with van der Waals surface area (Å²) in [7, 11) is 0. The van der Waals surface area contributed by atoms with Gasteiger partial charge in [-0.05, 0) is 66.4 Å². The molecule has 1 heterocycles. The highest BCUT2D eigenvalue weighted by molar-refractivity contribution is 6.34. The predicted octanol–water partition coefficient (Wildman–Crippen LogP) is 5.83. The molecule has 1 saturated heterocycles. The van der Waals surface area contributed by atoms with Crippen molar-refractivity contribution in [1.29, 1.82) is 0 Å². The van der Waals surface area contributed by atoms with E-state index in [9.17, 15) is 18.8 Å². The average molecular weight is 582 g/mol. The molecule has 2 fully saturated rings. The molecule has 0 aromatic heterocycles. The second-order valence-corrected chi connectivity index (χ2v) is 10.9. The SMILES string of the molecule is CC(=O)Nc1ccc(Cl)c(C(=O)N[C@H]2CCCC[C@@]23CN(C(=O)c2ccc(-c4ccc(F)cc4)cc2F)CCO3)c1. The average Bonchev–Trinajstić information content (AvgIpc) is 2.95. The lowest BCUT2D eigenvalue weighted by Gasteiger charge is -2.49. The first-order valence-corrected chi connectivity index (χ1v) is 13.9. The van der Waals surface area contributed by atoms with Crippen LogP contribution in [0.4, 0.5) is 14.5 Å². The summed E-state index contributed by atoms with van der Waals surface area (Å²) in [6.07, 6.45) is 2.97. The summed E-state index contributed by atoms with van der Waals surface area (Å²) < 4.78 is 34.8. The van der Waals surface area contributed by atoms with Crippen LogP contribution in [0.5, 0.6) is 0 Å². The van der Waals surface area contributed by atoms with Crippen molar-refractivity contribution in [3.8, 4) is 11.1 Å². The van der Waals surface area contributed by atoms with Gasteiger partial charge in [-0.3, -0.25) is 14.4 Å². The molecular weight excluding hydrogens is 552 g/mol. The van der Waals surface area contributed by atoms with Gasteiger partial charge < -0.3 is 20.3 Å². The Morgan fingerprint density at radius 3 is 2.46 bits per heavy atom. The van der Waals surface area contributed by atoms with Gasteiger partial charge >= 0.3 is 0 Å². The van der Waals surface area contributed by atoms with Crippen molar-refractivity contribution in [3.63, 3.8) is 0 Å². The first kappa shape index (κ1) is 28.7. The second-order valence-electron chi connectivity index (χ2n) is 10.5. The Morgan fingerprint density at radius 1 is 0.976 bits per heavy atom. The third kappa shape index (κ3) is 6.26. The molecule has 41 heavy (non-hydrogen) atoms. The lowest BCUT2D eigenvalue weighted by atomic mass is 9.78. The molecule has 10 heteroatoms. The van der Waals surface area contributed by atoms with Gasteiger partial charge in [0, 0.05) is 19.2 Å². The number of nitrogens with zero attached hydrogens (tertiary/aromatic N) is 1. The number of ether oxygens (including phenoxy) is 1. The molecule has 214 valence electrons. The number of carbonyl (C=O) groups excluding carboxylic acids is 3. The zero-order chi connectivity index (χ0) is 29.1. The fourth-order valence-corrected chi connectivity index (χ4v) is 5.86. The summed E-state index contributed by atoms with van der Waals surface area (Å²) in [6, 6.07) is 14.3. The molecular formula is C31H30ClF2N3O4. The number of amides is 3. The molecule has 0 unspecified atom stereocenters. The van der Waals surface area contributed by atoms with E-state index in [0.717, 1.165) is 12.8 Å². The summed E-state index contributed by atoms with van der Waals surface area (Å²) in [5, 5.41) is 5.94. The zero-order valence-electron chi connectivity index (χ0n) is 22.5. The molecule has 1 aliphatic heterocycles. The molecule has 1 saturated carbocycles. The fraction of sp³-hybridized carbons (Fsp3) is 0.323. The minimum Gasteiger partial charge on any atom is -0.369 e. The highest BCUT2D eigenvalue weighted by Gasteiger charge is 2.47. The standard InChI is InChI=1S/C31H30ClF2N3O4/c1-19(38)35-23-10-12-26(32)25(17-23)29(39)36-28-4-2-3-13-31(28)18-37(14-15-41-31)30(40)24-11-7-21(16-27(24)34)20-5-8-22(33)9-6-20/h5-12,16-17,28H,2-4,13-15,18H2,1H3,(H,35,38)(H,36,39)/t28-,31+/m0/s1. The van der Waals surface area contributed by atoms with Crippen LogP contribution in [0, 0.1) is 11.6 Å². The molecule has 3 aromatic rings. The Morgan fingerprint density at radius 2 is 1.73 bits per heavy atom.